The van der Waals surface area contributed by atoms with E-state index in [9.17, 15) is 0 Å². The molecule has 1 aliphatic heterocycles. The minimum Gasteiger partial charge on any atom is -0.317 e. The summed E-state index contributed by atoms with van der Waals surface area (Å²) in [5, 5.41) is 4.01. The van der Waals surface area contributed by atoms with Gasteiger partial charge in [-0.05, 0) is 56.4 Å². The standard InChI is InChI=1S/C15H24ClN3/c1-2-9-19(11-13-5-7-17-8-6-13)12-14-3-4-15(16)18-10-14/h3-4,10,13,17H,2,5-9,11-12H2,1H3. The van der Waals surface area contributed by atoms with Crippen LogP contribution in [0.1, 0.15) is 31.7 Å². The van der Waals surface area contributed by atoms with Crippen LogP contribution in [-0.2, 0) is 6.54 Å². The van der Waals surface area contributed by atoms with E-state index in [2.05, 4.69) is 28.2 Å². The number of aromatic nitrogens is 1. The molecule has 2 rings (SSSR count). The normalized spacial score (nSPS) is 17.0. The SMILES string of the molecule is CCCN(Cc1ccc(Cl)nc1)CC1CCNCC1. The first-order valence-electron chi connectivity index (χ1n) is 7.31. The van der Waals surface area contributed by atoms with Crippen molar-refractivity contribution < 1.29 is 0 Å². The summed E-state index contributed by atoms with van der Waals surface area (Å²) >= 11 is 5.83. The molecule has 3 nitrogen and oxygen atoms in total. The second-order valence-electron chi connectivity index (χ2n) is 5.42. The Balaban J connectivity index is 1.89. The lowest BCUT2D eigenvalue weighted by Gasteiger charge is -2.30. The van der Waals surface area contributed by atoms with Crippen molar-refractivity contribution >= 4 is 11.6 Å². The van der Waals surface area contributed by atoms with Crippen LogP contribution in [0.15, 0.2) is 18.3 Å². The fraction of sp³-hybridized carbons (Fsp3) is 0.667. The van der Waals surface area contributed by atoms with Crippen LogP contribution in [0.5, 0.6) is 0 Å². The molecule has 0 bridgehead atoms. The minimum atomic E-state index is 0.573. The van der Waals surface area contributed by atoms with Gasteiger partial charge >= 0.3 is 0 Å². The molecule has 2 heterocycles. The highest BCUT2D eigenvalue weighted by Crippen LogP contribution is 2.16. The Hall–Kier alpha value is -0.640. The topological polar surface area (TPSA) is 28.2 Å². The summed E-state index contributed by atoms with van der Waals surface area (Å²) in [6.45, 7) is 7.95. The molecule has 1 N–H and O–H groups in total. The largest absolute Gasteiger partial charge is 0.317 e. The van der Waals surface area contributed by atoms with E-state index in [0.29, 0.717) is 5.15 Å². The molecule has 0 aromatic carbocycles. The summed E-state index contributed by atoms with van der Waals surface area (Å²) in [6.07, 6.45) is 5.71. The maximum atomic E-state index is 5.83. The van der Waals surface area contributed by atoms with Gasteiger partial charge < -0.3 is 5.32 Å². The van der Waals surface area contributed by atoms with E-state index in [4.69, 9.17) is 11.6 Å². The number of hydrogen-bond acceptors (Lipinski definition) is 3. The number of nitrogens with zero attached hydrogens (tertiary/aromatic N) is 2. The number of rotatable bonds is 6. The molecule has 0 saturated carbocycles. The number of hydrogen-bond donors (Lipinski definition) is 1. The first-order valence-corrected chi connectivity index (χ1v) is 7.69. The summed E-state index contributed by atoms with van der Waals surface area (Å²) in [7, 11) is 0. The van der Waals surface area contributed by atoms with Crippen LogP contribution in [0.4, 0.5) is 0 Å². The Morgan fingerprint density at radius 3 is 2.79 bits per heavy atom. The third-order valence-corrected chi connectivity index (χ3v) is 3.93. The lowest BCUT2D eigenvalue weighted by Crippen LogP contribution is -2.36. The minimum absolute atomic E-state index is 0.573. The maximum absolute atomic E-state index is 5.83. The highest BCUT2D eigenvalue weighted by Gasteiger charge is 2.16. The average Bonchev–Trinajstić information content (AvgIpc) is 2.43. The van der Waals surface area contributed by atoms with Gasteiger partial charge in [-0.3, -0.25) is 4.90 Å². The van der Waals surface area contributed by atoms with Gasteiger partial charge in [-0.1, -0.05) is 24.6 Å². The molecule has 0 radical (unpaired) electrons. The molecule has 19 heavy (non-hydrogen) atoms. The lowest BCUT2D eigenvalue weighted by atomic mass is 9.97. The monoisotopic (exact) mass is 281 g/mol. The third-order valence-electron chi connectivity index (χ3n) is 3.71. The van der Waals surface area contributed by atoms with Crippen LogP contribution in [0.2, 0.25) is 5.15 Å². The van der Waals surface area contributed by atoms with Gasteiger partial charge in [0.15, 0.2) is 0 Å². The summed E-state index contributed by atoms with van der Waals surface area (Å²) < 4.78 is 0. The molecule has 0 atom stereocenters. The molecule has 1 aliphatic rings. The van der Waals surface area contributed by atoms with Gasteiger partial charge in [0.2, 0.25) is 0 Å². The Morgan fingerprint density at radius 1 is 1.37 bits per heavy atom. The quantitative estimate of drug-likeness (QED) is 0.813. The van der Waals surface area contributed by atoms with Crippen molar-refractivity contribution in [2.45, 2.75) is 32.7 Å². The van der Waals surface area contributed by atoms with Crippen molar-refractivity contribution in [3.63, 3.8) is 0 Å². The first kappa shape index (κ1) is 14.8. The Kier molecular flexibility index (Phi) is 6.08. The number of nitrogens with one attached hydrogen (secondary N) is 1. The molecule has 1 aromatic heterocycles. The van der Waals surface area contributed by atoms with Crippen molar-refractivity contribution in [1.82, 2.24) is 15.2 Å². The second kappa shape index (κ2) is 7.83. The summed E-state index contributed by atoms with van der Waals surface area (Å²) in [6, 6.07) is 3.96. The van der Waals surface area contributed by atoms with Gasteiger partial charge in [0.25, 0.3) is 0 Å². The Labute approximate surface area is 121 Å². The molecular weight excluding hydrogens is 258 g/mol. The van der Waals surface area contributed by atoms with Gasteiger partial charge in [-0.2, -0.15) is 0 Å². The summed E-state index contributed by atoms with van der Waals surface area (Å²) in [4.78, 5) is 6.72. The average molecular weight is 282 g/mol. The van der Waals surface area contributed by atoms with Gasteiger partial charge in [0.1, 0.15) is 5.15 Å². The van der Waals surface area contributed by atoms with Gasteiger partial charge in [0.05, 0.1) is 0 Å². The summed E-state index contributed by atoms with van der Waals surface area (Å²) in [5.74, 6) is 0.841. The third kappa shape index (κ3) is 5.09. The first-order chi connectivity index (χ1) is 9.28. The molecular formula is C15H24ClN3. The van der Waals surface area contributed by atoms with Gasteiger partial charge in [-0.25, -0.2) is 4.98 Å². The summed E-state index contributed by atoms with van der Waals surface area (Å²) in [5.41, 5.74) is 1.26. The molecule has 1 fully saturated rings. The maximum Gasteiger partial charge on any atom is 0.129 e. The predicted octanol–water partition coefficient (Wildman–Crippen LogP) is 2.95. The Bertz CT molecular complexity index is 360. The van der Waals surface area contributed by atoms with E-state index < -0.39 is 0 Å². The zero-order chi connectivity index (χ0) is 13.5. The zero-order valence-electron chi connectivity index (χ0n) is 11.7. The number of halogens is 1. The second-order valence-corrected chi connectivity index (χ2v) is 5.80. The molecule has 0 aliphatic carbocycles. The van der Waals surface area contributed by atoms with Crippen LogP contribution in [0.25, 0.3) is 0 Å². The number of pyridine rings is 1. The van der Waals surface area contributed by atoms with Crippen LogP contribution >= 0.6 is 11.6 Å². The number of piperidine rings is 1. The van der Waals surface area contributed by atoms with Crippen molar-refractivity contribution in [2.24, 2.45) is 5.92 Å². The van der Waals surface area contributed by atoms with E-state index in [0.717, 1.165) is 19.0 Å². The van der Waals surface area contributed by atoms with Crippen LogP contribution in [0.3, 0.4) is 0 Å². The fourth-order valence-corrected chi connectivity index (χ4v) is 2.85. The van der Waals surface area contributed by atoms with Gasteiger partial charge in [-0.15, -0.1) is 0 Å². The van der Waals surface area contributed by atoms with Crippen molar-refractivity contribution in [3.05, 3.63) is 29.0 Å². The van der Waals surface area contributed by atoms with Crippen LogP contribution in [0, 0.1) is 5.92 Å². The molecule has 0 unspecified atom stereocenters. The Morgan fingerprint density at radius 2 is 2.16 bits per heavy atom. The molecule has 4 heteroatoms. The van der Waals surface area contributed by atoms with E-state index in [1.54, 1.807) is 0 Å². The lowest BCUT2D eigenvalue weighted by molar-refractivity contribution is 0.198. The zero-order valence-corrected chi connectivity index (χ0v) is 12.5. The van der Waals surface area contributed by atoms with Gasteiger partial charge in [0, 0.05) is 19.3 Å². The van der Waals surface area contributed by atoms with Crippen LogP contribution in [-0.4, -0.2) is 36.1 Å². The smallest absolute Gasteiger partial charge is 0.129 e. The molecule has 1 saturated heterocycles. The fourth-order valence-electron chi connectivity index (χ4n) is 2.74. The molecule has 1 aromatic rings. The van der Waals surface area contributed by atoms with E-state index in [1.165, 1.54) is 44.5 Å². The van der Waals surface area contributed by atoms with Crippen molar-refractivity contribution in [2.75, 3.05) is 26.2 Å². The highest BCUT2D eigenvalue weighted by atomic mass is 35.5. The van der Waals surface area contributed by atoms with Crippen molar-refractivity contribution in [3.8, 4) is 0 Å². The molecule has 106 valence electrons. The highest BCUT2D eigenvalue weighted by molar-refractivity contribution is 6.29. The van der Waals surface area contributed by atoms with Crippen molar-refractivity contribution in [1.29, 1.82) is 0 Å². The van der Waals surface area contributed by atoms with E-state index in [1.807, 2.05) is 12.3 Å². The van der Waals surface area contributed by atoms with E-state index in [-0.39, 0.29) is 0 Å². The van der Waals surface area contributed by atoms with E-state index >= 15 is 0 Å². The molecule has 0 amide bonds. The predicted molar refractivity (Wildman–Crippen MR) is 80.4 cm³/mol. The molecule has 0 spiro atoms. The van der Waals surface area contributed by atoms with Crippen LogP contribution < -0.4 is 5.32 Å².